The molecule has 0 aromatic heterocycles. The molecule has 1 aliphatic heterocycles. The lowest BCUT2D eigenvalue weighted by Crippen LogP contribution is -2.45. The smallest absolute Gasteiger partial charge is 0.312 e. The molecule has 5 heteroatoms. The van der Waals surface area contributed by atoms with E-state index in [1.807, 2.05) is 11.8 Å². The van der Waals surface area contributed by atoms with Gasteiger partial charge in [-0.3, -0.25) is 9.59 Å². The predicted octanol–water partition coefficient (Wildman–Crippen LogP) is -0.350. The summed E-state index contributed by atoms with van der Waals surface area (Å²) in [5.41, 5.74) is 0. The van der Waals surface area contributed by atoms with Gasteiger partial charge in [0.05, 0.1) is 0 Å². The van der Waals surface area contributed by atoms with Crippen LogP contribution in [0, 0.1) is 0 Å². The van der Waals surface area contributed by atoms with Crippen molar-refractivity contribution < 1.29 is 9.59 Å². The molecule has 1 fully saturated rings. The van der Waals surface area contributed by atoms with E-state index in [2.05, 4.69) is 0 Å². The zero-order chi connectivity index (χ0) is 9.84. The number of nitrogens with zero attached hydrogens (tertiary/aromatic N) is 2. The molecule has 0 aliphatic carbocycles. The van der Waals surface area contributed by atoms with Gasteiger partial charge in [0, 0.05) is 38.7 Å². The highest BCUT2D eigenvalue weighted by molar-refractivity contribution is 7.99. The second kappa shape index (κ2) is 4.50. The number of carbonyl (C=O) groups excluding carboxylic acids is 2. The summed E-state index contributed by atoms with van der Waals surface area (Å²) in [5, 5.41) is 0. The Bertz CT molecular complexity index is 212. The maximum atomic E-state index is 11.5. The van der Waals surface area contributed by atoms with E-state index in [1.165, 1.54) is 4.90 Å². The van der Waals surface area contributed by atoms with Crippen LogP contribution in [0.15, 0.2) is 0 Å². The third-order valence-electron chi connectivity index (χ3n) is 1.89. The summed E-state index contributed by atoms with van der Waals surface area (Å²) in [4.78, 5) is 25.7. The fraction of sp³-hybridized carbons (Fsp3) is 0.750. The minimum Gasteiger partial charge on any atom is -0.341 e. The molecule has 1 heterocycles. The first-order valence-electron chi connectivity index (χ1n) is 4.21. The van der Waals surface area contributed by atoms with E-state index in [9.17, 15) is 9.59 Å². The normalized spacial score (nSPS) is 16.9. The van der Waals surface area contributed by atoms with E-state index in [-0.39, 0.29) is 5.91 Å². The number of thioether (sulfide) groups is 1. The number of hydrogen-bond donors (Lipinski definition) is 0. The van der Waals surface area contributed by atoms with E-state index < -0.39 is 5.91 Å². The molecule has 0 N–H and O–H groups in total. The Labute approximate surface area is 82.3 Å². The van der Waals surface area contributed by atoms with E-state index in [4.69, 9.17) is 0 Å². The molecule has 1 rings (SSSR count). The van der Waals surface area contributed by atoms with Gasteiger partial charge in [-0.05, 0) is 0 Å². The van der Waals surface area contributed by atoms with Crippen molar-refractivity contribution >= 4 is 23.6 Å². The molecule has 0 radical (unpaired) electrons. The number of amides is 2. The maximum absolute atomic E-state index is 11.5. The van der Waals surface area contributed by atoms with Gasteiger partial charge in [0.2, 0.25) is 0 Å². The second-order valence-corrected chi connectivity index (χ2v) is 4.33. The van der Waals surface area contributed by atoms with Crippen molar-refractivity contribution in [2.75, 3.05) is 38.7 Å². The van der Waals surface area contributed by atoms with Gasteiger partial charge in [-0.1, -0.05) is 0 Å². The molecule has 0 atom stereocenters. The molecule has 0 unspecified atom stereocenters. The van der Waals surface area contributed by atoms with Crippen LogP contribution in [0.2, 0.25) is 0 Å². The van der Waals surface area contributed by atoms with Gasteiger partial charge in [0.25, 0.3) is 0 Å². The van der Waals surface area contributed by atoms with E-state index in [0.717, 1.165) is 11.5 Å². The summed E-state index contributed by atoms with van der Waals surface area (Å²) in [5.74, 6) is 1.08. The van der Waals surface area contributed by atoms with Gasteiger partial charge in [-0.25, -0.2) is 0 Å². The molecule has 74 valence electrons. The molecule has 0 aromatic carbocycles. The standard InChI is InChI=1S/C8H14N2O2S/c1-9(2)7(11)8(12)10-3-5-13-6-4-10/h3-6H2,1-2H3. The van der Waals surface area contributed by atoms with Crippen molar-refractivity contribution in [2.24, 2.45) is 0 Å². The lowest BCUT2D eigenvalue weighted by Gasteiger charge is -2.26. The van der Waals surface area contributed by atoms with Crippen LogP contribution in [-0.4, -0.2) is 60.3 Å². The zero-order valence-corrected chi connectivity index (χ0v) is 8.76. The third kappa shape index (κ3) is 2.62. The molecule has 0 aromatic rings. The Hall–Kier alpha value is -0.710. The first-order valence-corrected chi connectivity index (χ1v) is 5.36. The number of hydrogen-bond acceptors (Lipinski definition) is 3. The predicted molar refractivity (Wildman–Crippen MR) is 52.6 cm³/mol. The lowest BCUT2D eigenvalue weighted by molar-refractivity contribution is -0.150. The van der Waals surface area contributed by atoms with Gasteiger partial charge in [-0.15, -0.1) is 0 Å². The molecule has 1 saturated heterocycles. The van der Waals surface area contributed by atoms with Crippen LogP contribution in [0.4, 0.5) is 0 Å². The summed E-state index contributed by atoms with van der Waals surface area (Å²) in [7, 11) is 3.19. The Kier molecular flexibility index (Phi) is 3.59. The molecule has 2 amide bonds. The summed E-state index contributed by atoms with van der Waals surface area (Å²) in [6.07, 6.45) is 0. The van der Waals surface area contributed by atoms with Gasteiger partial charge < -0.3 is 9.80 Å². The van der Waals surface area contributed by atoms with Gasteiger partial charge in [-0.2, -0.15) is 11.8 Å². The first-order chi connectivity index (χ1) is 6.13. The van der Waals surface area contributed by atoms with Crippen LogP contribution < -0.4 is 0 Å². The molecule has 0 spiro atoms. The summed E-state index contributed by atoms with van der Waals surface area (Å²) in [6.45, 7) is 1.40. The van der Waals surface area contributed by atoms with E-state index in [0.29, 0.717) is 13.1 Å². The van der Waals surface area contributed by atoms with Crippen LogP contribution in [-0.2, 0) is 9.59 Å². The maximum Gasteiger partial charge on any atom is 0.312 e. The van der Waals surface area contributed by atoms with Crippen molar-refractivity contribution in [3.63, 3.8) is 0 Å². The van der Waals surface area contributed by atoms with Crippen molar-refractivity contribution in [2.45, 2.75) is 0 Å². The molecule has 1 aliphatic rings. The largest absolute Gasteiger partial charge is 0.341 e. The number of likely N-dealkylation sites (N-methyl/N-ethyl adjacent to an activating group) is 1. The summed E-state index contributed by atoms with van der Waals surface area (Å²) < 4.78 is 0. The van der Waals surface area contributed by atoms with Crippen LogP contribution in [0.25, 0.3) is 0 Å². The minimum atomic E-state index is -0.424. The fourth-order valence-corrected chi connectivity index (χ4v) is 2.00. The summed E-state index contributed by atoms with van der Waals surface area (Å²) >= 11 is 1.82. The lowest BCUT2D eigenvalue weighted by atomic mass is 10.4. The quantitative estimate of drug-likeness (QED) is 0.504. The zero-order valence-electron chi connectivity index (χ0n) is 7.95. The van der Waals surface area contributed by atoms with Gasteiger partial charge in [0.15, 0.2) is 0 Å². The summed E-state index contributed by atoms with van der Waals surface area (Å²) in [6, 6.07) is 0. The fourth-order valence-electron chi connectivity index (χ4n) is 1.09. The monoisotopic (exact) mass is 202 g/mol. The molecular weight excluding hydrogens is 188 g/mol. The minimum absolute atomic E-state index is 0.370. The molecule has 0 bridgehead atoms. The van der Waals surface area contributed by atoms with Crippen LogP contribution >= 0.6 is 11.8 Å². The SMILES string of the molecule is CN(C)C(=O)C(=O)N1CCSCC1. The Morgan fingerprint density at radius 3 is 2.23 bits per heavy atom. The van der Waals surface area contributed by atoms with Crippen molar-refractivity contribution in [3.05, 3.63) is 0 Å². The van der Waals surface area contributed by atoms with Crippen LogP contribution in [0.1, 0.15) is 0 Å². The topological polar surface area (TPSA) is 40.6 Å². The Morgan fingerprint density at radius 1 is 1.23 bits per heavy atom. The highest BCUT2D eigenvalue weighted by Gasteiger charge is 2.24. The van der Waals surface area contributed by atoms with E-state index >= 15 is 0 Å². The van der Waals surface area contributed by atoms with E-state index in [1.54, 1.807) is 19.0 Å². The van der Waals surface area contributed by atoms with Gasteiger partial charge in [0.1, 0.15) is 0 Å². The average molecular weight is 202 g/mol. The first kappa shape index (κ1) is 10.4. The van der Waals surface area contributed by atoms with Crippen LogP contribution in [0.3, 0.4) is 0 Å². The molecule has 0 saturated carbocycles. The van der Waals surface area contributed by atoms with Crippen molar-refractivity contribution in [3.8, 4) is 0 Å². The number of rotatable bonds is 0. The average Bonchev–Trinajstić information content (AvgIpc) is 2.17. The van der Waals surface area contributed by atoms with Crippen LogP contribution in [0.5, 0.6) is 0 Å². The highest BCUT2D eigenvalue weighted by atomic mass is 32.2. The van der Waals surface area contributed by atoms with Crippen molar-refractivity contribution in [1.82, 2.24) is 9.80 Å². The Morgan fingerprint density at radius 2 is 1.77 bits per heavy atom. The number of carbonyl (C=O) groups is 2. The second-order valence-electron chi connectivity index (χ2n) is 3.10. The highest BCUT2D eigenvalue weighted by Crippen LogP contribution is 2.09. The molecule has 13 heavy (non-hydrogen) atoms. The third-order valence-corrected chi connectivity index (χ3v) is 2.83. The Balaban J connectivity index is 2.50. The van der Waals surface area contributed by atoms with Crippen molar-refractivity contribution in [1.29, 1.82) is 0 Å². The molecule has 4 nitrogen and oxygen atoms in total. The van der Waals surface area contributed by atoms with Gasteiger partial charge >= 0.3 is 11.8 Å². The molecular formula is C8H14N2O2S.